The third-order valence-electron chi connectivity index (χ3n) is 8.99. The molecule has 2 saturated heterocycles. The van der Waals surface area contributed by atoms with E-state index in [0.717, 1.165) is 23.2 Å². The summed E-state index contributed by atoms with van der Waals surface area (Å²) in [6.45, 7) is 1.35. The highest BCUT2D eigenvalue weighted by Gasteiger charge is 2.56. The fraction of sp³-hybridized carbons (Fsp3) is 0.567. The maximum Gasteiger partial charge on any atom is 0.469 e. The number of allylic oxidation sites excluding steroid dienone is 1. The number of unbranched alkanes of at least 4 members (excludes halogenated alkanes) is 1. The number of phosphoric ester groups is 1. The van der Waals surface area contributed by atoms with Crippen molar-refractivity contribution in [2.24, 2.45) is 0 Å². The van der Waals surface area contributed by atoms with E-state index >= 15 is 0 Å². The zero-order chi connectivity index (χ0) is 41.7. The lowest BCUT2D eigenvalue weighted by Gasteiger charge is -2.27. The number of fused-ring (bicyclic) bond motifs is 1. The van der Waals surface area contributed by atoms with E-state index in [0.29, 0.717) is 6.42 Å². The second-order valence-electron chi connectivity index (χ2n) is 12.9. The van der Waals surface area contributed by atoms with Crippen LogP contribution < -0.4 is 22.5 Å². The van der Waals surface area contributed by atoms with Gasteiger partial charge in [0, 0.05) is 19.2 Å². The predicted molar refractivity (Wildman–Crippen MR) is 192 cm³/mol. The number of aliphatic hydroxyl groups excluding tert-OH is 3. The molecule has 1 unspecified atom stereocenters. The highest BCUT2D eigenvalue weighted by molar-refractivity contribution is 7.53. The molecule has 2 aliphatic heterocycles. The van der Waals surface area contributed by atoms with E-state index in [1.165, 1.54) is 17.0 Å². The Labute approximate surface area is 322 Å². The molecule has 27 heteroatoms. The molecule has 25 nitrogen and oxygen atoms in total. The summed E-state index contributed by atoms with van der Waals surface area (Å²) in [5.41, 5.74) is 8.58. The van der Waals surface area contributed by atoms with Crippen LogP contribution in [0, 0.1) is 0 Å². The monoisotopic (exact) mass is 847 g/mol. The van der Waals surface area contributed by atoms with Crippen LogP contribution in [0.4, 0.5) is 11.6 Å². The van der Waals surface area contributed by atoms with E-state index in [4.69, 9.17) is 30.2 Å². The van der Waals surface area contributed by atoms with Crippen molar-refractivity contribution in [1.82, 2.24) is 34.4 Å². The molecule has 2 fully saturated rings. The van der Waals surface area contributed by atoms with E-state index in [1.807, 2.05) is 0 Å². The Morgan fingerprint density at radius 2 is 1.72 bits per heavy atom. The van der Waals surface area contributed by atoms with Crippen molar-refractivity contribution in [2.45, 2.75) is 86.8 Å². The molecule has 0 saturated carbocycles. The zero-order valence-electron chi connectivity index (χ0n) is 29.9. The van der Waals surface area contributed by atoms with Crippen molar-refractivity contribution in [2.75, 3.05) is 31.3 Å². The molecule has 3 aromatic rings. The summed E-state index contributed by atoms with van der Waals surface area (Å²) in [6, 6.07) is -0.106. The second kappa shape index (κ2) is 18.6. The van der Waals surface area contributed by atoms with E-state index in [1.54, 1.807) is 0 Å². The van der Waals surface area contributed by atoms with Crippen LogP contribution in [0.3, 0.4) is 0 Å². The summed E-state index contributed by atoms with van der Waals surface area (Å²) in [5, 5.41) is 34.7. The van der Waals surface area contributed by atoms with Gasteiger partial charge in [-0.15, -0.1) is 6.58 Å². The van der Waals surface area contributed by atoms with Gasteiger partial charge < -0.3 is 65.5 Å². The van der Waals surface area contributed by atoms with Crippen LogP contribution in [-0.2, 0) is 42.0 Å². The van der Waals surface area contributed by atoms with Crippen molar-refractivity contribution >= 4 is 50.1 Å². The second-order valence-corrected chi connectivity index (χ2v) is 16.2. The van der Waals surface area contributed by atoms with Gasteiger partial charge in [0.15, 0.2) is 30.0 Å². The van der Waals surface area contributed by atoms with Crippen molar-refractivity contribution in [3.05, 3.63) is 48.1 Å². The Balaban J connectivity index is 1.43. The SMILES string of the molecule is C=CCCC(=O)N[C@@H](CCCCO)C(=O)O[C@H]1[C@@H](O)[C@H](n2cnc3c(N)ncnc32)O[C@@H]1COP(=O)(O)[C@H]1[C@@H](O)[C@H](n2ccc(N)nc2=O)O[C@@H]1COP(=O)(O)O. The maximum atomic E-state index is 14.0. The smallest absolute Gasteiger partial charge is 0.455 e. The number of nitrogens with zero attached hydrogens (tertiary/aromatic N) is 6. The molecule has 3 aromatic heterocycles. The average Bonchev–Trinajstić information content (AvgIpc) is 3.82. The Kier molecular flexibility index (Phi) is 14.3. The minimum absolute atomic E-state index is 0.00722. The molecular formula is C30H43N9O16P2. The van der Waals surface area contributed by atoms with E-state index < -0.39 is 101 Å². The molecule has 10 atom stereocenters. The minimum Gasteiger partial charge on any atom is -0.455 e. The normalized spacial score (nSPS) is 26.6. The molecule has 314 valence electrons. The number of phosphoric acid groups is 1. The van der Waals surface area contributed by atoms with Crippen LogP contribution >= 0.6 is 15.4 Å². The molecule has 1 amide bonds. The predicted octanol–water partition coefficient (Wildman–Crippen LogP) is -2.03. The summed E-state index contributed by atoms with van der Waals surface area (Å²) in [6.07, 6.45) is -6.32. The number of imidazole rings is 1. The minimum atomic E-state index is -5.26. The largest absolute Gasteiger partial charge is 0.469 e. The number of aromatic nitrogens is 6. The van der Waals surface area contributed by atoms with Gasteiger partial charge in [-0.2, -0.15) is 4.98 Å². The molecule has 11 N–H and O–H groups in total. The van der Waals surface area contributed by atoms with Gasteiger partial charge in [0.25, 0.3) is 0 Å². The van der Waals surface area contributed by atoms with Gasteiger partial charge in [0.05, 0.1) is 19.5 Å². The summed E-state index contributed by atoms with van der Waals surface area (Å²) < 4.78 is 54.8. The number of nitrogen functional groups attached to an aromatic ring is 2. The lowest BCUT2D eigenvalue weighted by molar-refractivity contribution is -0.160. The fourth-order valence-electron chi connectivity index (χ4n) is 6.27. The highest BCUT2D eigenvalue weighted by atomic mass is 31.2. The number of ether oxygens (including phenoxy) is 3. The third kappa shape index (κ3) is 10.5. The Bertz CT molecular complexity index is 2070. The molecule has 0 bridgehead atoms. The van der Waals surface area contributed by atoms with E-state index in [9.17, 15) is 53.5 Å². The molecule has 0 aromatic carbocycles. The Morgan fingerprint density at radius 3 is 2.40 bits per heavy atom. The van der Waals surface area contributed by atoms with Crippen LogP contribution in [0.1, 0.15) is 44.6 Å². The van der Waals surface area contributed by atoms with Gasteiger partial charge in [-0.3, -0.25) is 23.0 Å². The molecule has 5 heterocycles. The Morgan fingerprint density at radius 1 is 1.02 bits per heavy atom. The summed E-state index contributed by atoms with van der Waals surface area (Å²) in [4.78, 5) is 84.5. The number of nitrogens with one attached hydrogen (secondary N) is 1. The zero-order valence-corrected chi connectivity index (χ0v) is 31.7. The first-order valence-electron chi connectivity index (χ1n) is 17.3. The maximum absolute atomic E-state index is 14.0. The van der Waals surface area contributed by atoms with Gasteiger partial charge in [0.2, 0.25) is 5.91 Å². The number of carbonyl (C=O) groups is 2. The number of amides is 1. The summed E-state index contributed by atoms with van der Waals surface area (Å²) in [5.74, 6) is -1.77. The lowest BCUT2D eigenvalue weighted by Crippen LogP contribution is -2.46. The Hall–Kier alpha value is -4.23. The molecule has 0 radical (unpaired) electrons. The van der Waals surface area contributed by atoms with Gasteiger partial charge >= 0.3 is 27.1 Å². The first kappa shape index (κ1) is 43.9. The number of nitrogens with two attached hydrogens (primary N) is 2. The van der Waals surface area contributed by atoms with Crippen molar-refractivity contribution < 1.29 is 72.0 Å². The van der Waals surface area contributed by atoms with Crippen LogP contribution in [0.5, 0.6) is 0 Å². The van der Waals surface area contributed by atoms with Gasteiger partial charge in [-0.25, -0.2) is 29.1 Å². The van der Waals surface area contributed by atoms with Gasteiger partial charge in [0.1, 0.15) is 53.8 Å². The third-order valence-corrected chi connectivity index (χ3v) is 11.4. The molecule has 2 aliphatic rings. The standard InChI is InChI=1S/C30H43N9O16P2/c1-2-3-7-19(41)36-15(6-4-5-10-40)29(44)55-23-16(53-27(21(23)42)39-14-35-20-25(32)33-13-34-26(20)39)11-51-56(46,47)24-17(12-52-57(48,49)50)54-28(22(24)43)38-9-8-18(31)37-30(38)45/h2,8-9,13-17,21-24,27-28,40,42-43H,1,3-7,10-12H2,(H,36,41)(H,46,47)(H2,31,37,45)(H2,32,33,34)(H2,48,49,50)/t15-,16+,17+,21+,22+,23+,24+,27+,28+/m0/s1. The summed E-state index contributed by atoms with van der Waals surface area (Å²) in [7, 11) is -10.5. The number of rotatable bonds is 19. The van der Waals surface area contributed by atoms with Crippen molar-refractivity contribution in [1.29, 1.82) is 0 Å². The van der Waals surface area contributed by atoms with Crippen molar-refractivity contribution in [3.63, 3.8) is 0 Å². The topological polar surface area (TPSA) is 378 Å². The quantitative estimate of drug-likeness (QED) is 0.0272. The van der Waals surface area contributed by atoms with Crippen LogP contribution in [0.25, 0.3) is 11.2 Å². The van der Waals surface area contributed by atoms with Crippen LogP contribution in [0.2, 0.25) is 0 Å². The first-order valence-corrected chi connectivity index (χ1v) is 20.5. The number of hydrogen-bond acceptors (Lipinski definition) is 19. The first-order chi connectivity index (χ1) is 26.9. The number of hydrogen-bond donors (Lipinski definition) is 9. The van der Waals surface area contributed by atoms with Crippen molar-refractivity contribution in [3.8, 4) is 0 Å². The average molecular weight is 848 g/mol. The van der Waals surface area contributed by atoms with E-state index in [-0.39, 0.29) is 55.1 Å². The molecule has 57 heavy (non-hydrogen) atoms. The number of anilines is 2. The van der Waals surface area contributed by atoms with Crippen LogP contribution in [-0.4, -0.2) is 133 Å². The van der Waals surface area contributed by atoms with Gasteiger partial charge in [-0.1, -0.05) is 6.08 Å². The molecule has 5 rings (SSSR count). The lowest BCUT2D eigenvalue weighted by atomic mass is 10.1. The van der Waals surface area contributed by atoms with Gasteiger partial charge in [-0.05, 0) is 31.7 Å². The van der Waals surface area contributed by atoms with Crippen LogP contribution in [0.15, 0.2) is 42.4 Å². The number of aliphatic hydroxyl groups is 3. The fourth-order valence-corrected chi connectivity index (χ4v) is 8.25. The molecular weight excluding hydrogens is 804 g/mol. The van der Waals surface area contributed by atoms with E-state index in [2.05, 4.69) is 36.4 Å². The summed E-state index contributed by atoms with van der Waals surface area (Å²) >= 11 is 0. The number of esters is 1. The molecule has 0 spiro atoms. The molecule has 0 aliphatic carbocycles. The highest BCUT2D eigenvalue weighted by Crippen LogP contribution is 2.56. The number of carbonyl (C=O) groups excluding carboxylic acids is 2.